The van der Waals surface area contributed by atoms with Gasteiger partial charge in [0.05, 0.1) is 5.69 Å². The van der Waals surface area contributed by atoms with Crippen LogP contribution in [0.5, 0.6) is 0 Å². The van der Waals surface area contributed by atoms with Crippen molar-refractivity contribution in [3.63, 3.8) is 0 Å². The zero-order chi connectivity index (χ0) is 10.8. The third kappa shape index (κ3) is 1.76. The molecule has 15 heavy (non-hydrogen) atoms. The standard InChI is InChI=1S/C10H8FN3O/c1-7(15)10-12-6-13-14(10)9-4-2-3-8(11)5-9/h2-6H,1H3. The maximum Gasteiger partial charge on any atom is 0.199 e. The molecule has 0 bridgehead atoms. The summed E-state index contributed by atoms with van der Waals surface area (Å²) in [5.41, 5.74) is 0.484. The van der Waals surface area contributed by atoms with Gasteiger partial charge in [0.25, 0.3) is 0 Å². The van der Waals surface area contributed by atoms with Crippen molar-refractivity contribution in [2.75, 3.05) is 0 Å². The van der Waals surface area contributed by atoms with Crippen molar-refractivity contribution in [1.29, 1.82) is 0 Å². The highest BCUT2D eigenvalue weighted by molar-refractivity contribution is 5.90. The number of hydrogen-bond donors (Lipinski definition) is 0. The zero-order valence-corrected chi connectivity index (χ0v) is 8.01. The van der Waals surface area contributed by atoms with Gasteiger partial charge in [0.1, 0.15) is 12.1 Å². The summed E-state index contributed by atoms with van der Waals surface area (Å²) >= 11 is 0. The molecule has 0 saturated heterocycles. The number of carbonyl (C=O) groups excluding carboxylic acids is 1. The van der Waals surface area contributed by atoms with E-state index in [1.54, 1.807) is 12.1 Å². The monoisotopic (exact) mass is 205 g/mol. The van der Waals surface area contributed by atoms with E-state index in [1.807, 2.05) is 0 Å². The molecular weight excluding hydrogens is 197 g/mol. The van der Waals surface area contributed by atoms with Gasteiger partial charge in [-0.1, -0.05) is 6.07 Å². The van der Waals surface area contributed by atoms with Gasteiger partial charge in [-0.2, -0.15) is 5.10 Å². The number of nitrogens with zero attached hydrogens (tertiary/aromatic N) is 3. The van der Waals surface area contributed by atoms with E-state index in [1.165, 1.54) is 30.1 Å². The Labute approximate surface area is 85.4 Å². The van der Waals surface area contributed by atoms with E-state index in [2.05, 4.69) is 10.1 Å². The Morgan fingerprint density at radius 2 is 2.27 bits per heavy atom. The Morgan fingerprint density at radius 3 is 2.93 bits per heavy atom. The van der Waals surface area contributed by atoms with Gasteiger partial charge < -0.3 is 0 Å². The summed E-state index contributed by atoms with van der Waals surface area (Å²) in [4.78, 5) is 15.0. The Balaban J connectivity index is 2.54. The maximum atomic E-state index is 12.9. The van der Waals surface area contributed by atoms with E-state index < -0.39 is 0 Å². The van der Waals surface area contributed by atoms with Crippen LogP contribution in [0.2, 0.25) is 0 Å². The van der Waals surface area contributed by atoms with E-state index in [0.717, 1.165) is 0 Å². The van der Waals surface area contributed by atoms with Crippen LogP contribution in [0.25, 0.3) is 5.69 Å². The number of halogens is 1. The summed E-state index contributed by atoms with van der Waals surface area (Å²) in [6.07, 6.45) is 1.27. The van der Waals surface area contributed by atoms with Gasteiger partial charge in [0.2, 0.25) is 0 Å². The van der Waals surface area contributed by atoms with Crippen molar-refractivity contribution in [1.82, 2.24) is 14.8 Å². The Hall–Kier alpha value is -2.04. The molecule has 0 atom stereocenters. The molecule has 1 aromatic carbocycles. The largest absolute Gasteiger partial charge is 0.291 e. The summed E-state index contributed by atoms with van der Waals surface area (Å²) in [6.45, 7) is 1.39. The van der Waals surface area contributed by atoms with Crippen molar-refractivity contribution in [2.24, 2.45) is 0 Å². The second-order valence-corrected chi connectivity index (χ2v) is 3.03. The van der Waals surface area contributed by atoms with Gasteiger partial charge in [-0.15, -0.1) is 0 Å². The first-order chi connectivity index (χ1) is 7.18. The van der Waals surface area contributed by atoms with Crippen LogP contribution in [0, 0.1) is 5.82 Å². The second-order valence-electron chi connectivity index (χ2n) is 3.03. The van der Waals surface area contributed by atoms with Crippen LogP contribution in [0.4, 0.5) is 4.39 Å². The zero-order valence-electron chi connectivity index (χ0n) is 8.01. The number of benzene rings is 1. The van der Waals surface area contributed by atoms with E-state index in [9.17, 15) is 9.18 Å². The van der Waals surface area contributed by atoms with E-state index in [-0.39, 0.29) is 17.4 Å². The van der Waals surface area contributed by atoms with Gasteiger partial charge in [-0.3, -0.25) is 4.79 Å². The number of aromatic nitrogens is 3. The summed E-state index contributed by atoms with van der Waals surface area (Å²) < 4.78 is 14.3. The number of ketones is 1. The van der Waals surface area contributed by atoms with E-state index in [4.69, 9.17) is 0 Å². The summed E-state index contributed by atoms with van der Waals surface area (Å²) in [6, 6.07) is 5.83. The van der Waals surface area contributed by atoms with Crippen molar-refractivity contribution >= 4 is 5.78 Å². The van der Waals surface area contributed by atoms with Crippen LogP contribution in [0.15, 0.2) is 30.6 Å². The number of Topliss-reactive ketones (excluding diaryl/α,β-unsaturated/α-hetero) is 1. The van der Waals surface area contributed by atoms with Gasteiger partial charge in [-0.25, -0.2) is 14.1 Å². The normalized spacial score (nSPS) is 10.3. The average Bonchev–Trinajstić information content (AvgIpc) is 2.65. The lowest BCUT2D eigenvalue weighted by molar-refractivity contribution is 0.100. The SMILES string of the molecule is CC(=O)c1ncnn1-c1cccc(F)c1. The minimum absolute atomic E-state index is 0.195. The first-order valence-corrected chi connectivity index (χ1v) is 4.35. The third-order valence-electron chi connectivity index (χ3n) is 1.92. The van der Waals surface area contributed by atoms with Gasteiger partial charge in [-0.05, 0) is 18.2 Å². The molecule has 76 valence electrons. The average molecular weight is 205 g/mol. The van der Waals surface area contributed by atoms with E-state index >= 15 is 0 Å². The number of hydrogen-bond acceptors (Lipinski definition) is 3. The summed E-state index contributed by atoms with van der Waals surface area (Å²) in [7, 11) is 0. The molecule has 2 aromatic rings. The lowest BCUT2D eigenvalue weighted by Gasteiger charge is -2.02. The molecule has 0 spiro atoms. The molecule has 0 radical (unpaired) electrons. The maximum absolute atomic E-state index is 12.9. The fourth-order valence-corrected chi connectivity index (χ4v) is 1.28. The topological polar surface area (TPSA) is 47.8 Å². The Bertz CT molecular complexity index is 507. The minimum atomic E-state index is -0.377. The predicted octanol–water partition coefficient (Wildman–Crippen LogP) is 1.61. The first kappa shape index (κ1) is 9.51. The van der Waals surface area contributed by atoms with Crippen molar-refractivity contribution in [3.05, 3.63) is 42.2 Å². The smallest absolute Gasteiger partial charge is 0.199 e. The van der Waals surface area contributed by atoms with Crippen LogP contribution in [0.3, 0.4) is 0 Å². The lowest BCUT2D eigenvalue weighted by atomic mass is 10.3. The highest BCUT2D eigenvalue weighted by Gasteiger charge is 2.10. The highest BCUT2D eigenvalue weighted by Crippen LogP contribution is 2.10. The molecule has 0 fully saturated rings. The van der Waals surface area contributed by atoms with E-state index in [0.29, 0.717) is 5.69 Å². The molecule has 0 N–H and O–H groups in total. The summed E-state index contributed by atoms with van der Waals surface area (Å²) in [5.74, 6) is -0.394. The third-order valence-corrected chi connectivity index (χ3v) is 1.92. The minimum Gasteiger partial charge on any atom is -0.291 e. The molecular formula is C10H8FN3O. The van der Waals surface area contributed by atoms with Gasteiger partial charge in [0, 0.05) is 6.92 Å². The highest BCUT2D eigenvalue weighted by atomic mass is 19.1. The number of carbonyl (C=O) groups is 1. The lowest BCUT2D eigenvalue weighted by Crippen LogP contribution is -2.07. The molecule has 1 heterocycles. The summed E-state index contributed by atoms with van der Waals surface area (Å²) in [5, 5.41) is 3.87. The molecule has 2 rings (SSSR count). The van der Waals surface area contributed by atoms with Crippen LogP contribution in [-0.2, 0) is 0 Å². The van der Waals surface area contributed by atoms with Crippen molar-refractivity contribution < 1.29 is 9.18 Å². The molecule has 1 aromatic heterocycles. The number of rotatable bonds is 2. The van der Waals surface area contributed by atoms with Crippen LogP contribution >= 0.6 is 0 Å². The molecule has 4 nitrogen and oxygen atoms in total. The molecule has 5 heteroatoms. The molecule has 0 aliphatic rings. The van der Waals surface area contributed by atoms with Gasteiger partial charge in [0.15, 0.2) is 11.6 Å². The molecule has 0 aliphatic carbocycles. The molecule has 0 unspecified atom stereocenters. The fourth-order valence-electron chi connectivity index (χ4n) is 1.28. The molecule has 0 amide bonds. The van der Waals surface area contributed by atoms with Crippen LogP contribution in [-0.4, -0.2) is 20.5 Å². The Morgan fingerprint density at radius 1 is 1.47 bits per heavy atom. The van der Waals surface area contributed by atoms with Crippen molar-refractivity contribution in [3.8, 4) is 5.69 Å². The Kier molecular flexibility index (Phi) is 2.29. The van der Waals surface area contributed by atoms with Crippen LogP contribution in [0.1, 0.15) is 17.5 Å². The predicted molar refractivity (Wildman–Crippen MR) is 51.3 cm³/mol. The first-order valence-electron chi connectivity index (χ1n) is 4.35. The van der Waals surface area contributed by atoms with Gasteiger partial charge >= 0.3 is 0 Å². The fraction of sp³-hybridized carbons (Fsp3) is 0.100. The van der Waals surface area contributed by atoms with Crippen LogP contribution < -0.4 is 0 Å². The van der Waals surface area contributed by atoms with Crippen molar-refractivity contribution in [2.45, 2.75) is 6.92 Å². The molecule has 0 aliphatic heterocycles. The molecule has 0 saturated carbocycles. The second kappa shape index (κ2) is 3.61. The quantitative estimate of drug-likeness (QED) is 0.700.